The average Bonchev–Trinajstić information content (AvgIpc) is 2.74. The molecule has 5 nitrogen and oxygen atoms in total. The van der Waals surface area contributed by atoms with Gasteiger partial charge in [0.1, 0.15) is 11.6 Å². The molecule has 0 aliphatic carbocycles. The molecule has 0 spiro atoms. The summed E-state index contributed by atoms with van der Waals surface area (Å²) in [5.41, 5.74) is 2.57. The Morgan fingerprint density at radius 3 is 2.78 bits per heavy atom. The minimum atomic E-state index is 0.484. The van der Waals surface area contributed by atoms with Gasteiger partial charge in [0.15, 0.2) is 0 Å². The van der Waals surface area contributed by atoms with E-state index < -0.39 is 0 Å². The Labute approximate surface area is 160 Å². The predicted molar refractivity (Wildman–Crippen MR) is 108 cm³/mol. The first-order valence-corrected chi connectivity index (χ1v) is 9.63. The molecular formula is C22H25N5. The second-order valence-electron chi connectivity index (χ2n) is 7.04. The molecule has 138 valence electrons. The molecule has 0 radical (unpaired) electrons. The lowest BCUT2D eigenvalue weighted by Crippen LogP contribution is -2.36. The molecule has 5 heteroatoms. The van der Waals surface area contributed by atoms with Gasteiger partial charge in [0, 0.05) is 37.1 Å². The van der Waals surface area contributed by atoms with E-state index in [1.807, 2.05) is 6.07 Å². The molecule has 1 aliphatic rings. The van der Waals surface area contributed by atoms with Crippen LogP contribution in [0.4, 0.5) is 11.6 Å². The SMILES string of the molecule is c1ccc(CCN2CCCC(c3cccc(Nc4cnccn4)n3)C2)cc1. The van der Waals surface area contributed by atoms with Gasteiger partial charge in [0.05, 0.1) is 6.20 Å². The number of anilines is 2. The number of rotatable bonds is 6. The lowest BCUT2D eigenvalue weighted by molar-refractivity contribution is 0.208. The Morgan fingerprint density at radius 1 is 1.00 bits per heavy atom. The second kappa shape index (κ2) is 8.73. The lowest BCUT2D eigenvalue weighted by atomic mass is 9.94. The van der Waals surface area contributed by atoms with Gasteiger partial charge in [-0.15, -0.1) is 0 Å². The minimum absolute atomic E-state index is 0.484. The van der Waals surface area contributed by atoms with Crippen LogP contribution < -0.4 is 5.32 Å². The van der Waals surface area contributed by atoms with E-state index >= 15 is 0 Å². The number of nitrogens with zero attached hydrogens (tertiary/aromatic N) is 4. The summed E-state index contributed by atoms with van der Waals surface area (Å²) < 4.78 is 0. The van der Waals surface area contributed by atoms with E-state index in [1.165, 1.54) is 24.9 Å². The average molecular weight is 359 g/mol. The van der Waals surface area contributed by atoms with Crippen LogP contribution in [0.25, 0.3) is 0 Å². The van der Waals surface area contributed by atoms with E-state index in [0.29, 0.717) is 5.92 Å². The highest BCUT2D eigenvalue weighted by molar-refractivity contribution is 5.50. The van der Waals surface area contributed by atoms with Crippen molar-refractivity contribution in [3.05, 3.63) is 78.4 Å². The first-order valence-electron chi connectivity index (χ1n) is 9.63. The van der Waals surface area contributed by atoms with Gasteiger partial charge in [-0.3, -0.25) is 4.98 Å². The number of aromatic nitrogens is 3. The van der Waals surface area contributed by atoms with Crippen LogP contribution in [0.15, 0.2) is 67.1 Å². The first kappa shape index (κ1) is 17.6. The number of hydrogen-bond donors (Lipinski definition) is 1. The van der Waals surface area contributed by atoms with Gasteiger partial charge in [-0.1, -0.05) is 36.4 Å². The van der Waals surface area contributed by atoms with Crippen LogP contribution >= 0.6 is 0 Å². The van der Waals surface area contributed by atoms with Gasteiger partial charge in [0.2, 0.25) is 0 Å². The van der Waals surface area contributed by atoms with Gasteiger partial charge < -0.3 is 10.2 Å². The van der Waals surface area contributed by atoms with Gasteiger partial charge in [-0.05, 0) is 43.5 Å². The quantitative estimate of drug-likeness (QED) is 0.720. The minimum Gasteiger partial charge on any atom is -0.324 e. The van der Waals surface area contributed by atoms with Crippen LogP contribution in [0.3, 0.4) is 0 Å². The topological polar surface area (TPSA) is 53.9 Å². The van der Waals surface area contributed by atoms with Crippen molar-refractivity contribution in [2.24, 2.45) is 0 Å². The van der Waals surface area contributed by atoms with E-state index in [-0.39, 0.29) is 0 Å². The summed E-state index contributed by atoms with van der Waals surface area (Å²) in [5.74, 6) is 2.03. The Bertz CT molecular complexity index is 838. The van der Waals surface area contributed by atoms with Crippen molar-refractivity contribution in [1.29, 1.82) is 0 Å². The standard InChI is InChI=1S/C22H25N5/c1-2-6-18(7-3-1)11-15-27-14-5-8-19(17-27)20-9-4-10-21(25-20)26-22-16-23-12-13-24-22/h1-4,6-7,9-10,12-13,16,19H,5,8,11,14-15,17H2,(H,24,25,26). The summed E-state index contributed by atoms with van der Waals surface area (Å²) in [4.78, 5) is 15.8. The van der Waals surface area contributed by atoms with Crippen LogP contribution in [-0.4, -0.2) is 39.5 Å². The fraction of sp³-hybridized carbons (Fsp3) is 0.318. The zero-order chi connectivity index (χ0) is 18.3. The highest BCUT2D eigenvalue weighted by Gasteiger charge is 2.22. The summed E-state index contributed by atoms with van der Waals surface area (Å²) in [7, 11) is 0. The number of benzene rings is 1. The van der Waals surface area contributed by atoms with Crippen molar-refractivity contribution in [3.63, 3.8) is 0 Å². The molecule has 3 aromatic rings. The van der Waals surface area contributed by atoms with Crippen molar-refractivity contribution in [2.45, 2.75) is 25.2 Å². The van der Waals surface area contributed by atoms with E-state index in [0.717, 1.165) is 36.8 Å². The number of hydrogen-bond acceptors (Lipinski definition) is 5. The molecule has 2 aromatic heterocycles. The van der Waals surface area contributed by atoms with Crippen LogP contribution in [-0.2, 0) is 6.42 Å². The first-order chi connectivity index (χ1) is 13.4. The maximum absolute atomic E-state index is 4.84. The van der Waals surface area contributed by atoms with Crippen molar-refractivity contribution in [3.8, 4) is 0 Å². The summed E-state index contributed by atoms with van der Waals surface area (Å²) in [6.07, 6.45) is 8.58. The third-order valence-electron chi connectivity index (χ3n) is 5.07. The van der Waals surface area contributed by atoms with Crippen molar-refractivity contribution in [1.82, 2.24) is 19.9 Å². The molecule has 1 unspecified atom stereocenters. The molecule has 3 heterocycles. The van der Waals surface area contributed by atoms with Gasteiger partial charge >= 0.3 is 0 Å². The molecule has 1 aromatic carbocycles. The number of likely N-dealkylation sites (tertiary alicyclic amines) is 1. The smallest absolute Gasteiger partial charge is 0.150 e. The fourth-order valence-corrected chi connectivity index (χ4v) is 3.68. The monoisotopic (exact) mass is 359 g/mol. The highest BCUT2D eigenvalue weighted by atomic mass is 15.1. The van der Waals surface area contributed by atoms with Gasteiger partial charge in [-0.25, -0.2) is 9.97 Å². The molecule has 4 rings (SSSR count). The van der Waals surface area contributed by atoms with E-state index in [4.69, 9.17) is 4.98 Å². The molecule has 1 fully saturated rings. The number of pyridine rings is 1. The Hall–Kier alpha value is -2.79. The van der Waals surface area contributed by atoms with Gasteiger partial charge in [-0.2, -0.15) is 0 Å². The second-order valence-corrected chi connectivity index (χ2v) is 7.04. The van der Waals surface area contributed by atoms with Crippen LogP contribution in [0, 0.1) is 0 Å². The molecule has 1 atom stereocenters. The van der Waals surface area contributed by atoms with Crippen LogP contribution in [0.2, 0.25) is 0 Å². The molecule has 1 aliphatic heterocycles. The third kappa shape index (κ3) is 4.89. The highest BCUT2D eigenvalue weighted by Crippen LogP contribution is 2.27. The zero-order valence-electron chi connectivity index (χ0n) is 15.5. The van der Waals surface area contributed by atoms with Gasteiger partial charge in [0.25, 0.3) is 0 Å². The molecule has 27 heavy (non-hydrogen) atoms. The molecule has 1 saturated heterocycles. The Balaban J connectivity index is 1.38. The van der Waals surface area contributed by atoms with E-state index in [2.05, 4.69) is 62.6 Å². The molecular weight excluding hydrogens is 334 g/mol. The Kier molecular flexibility index (Phi) is 5.70. The summed E-state index contributed by atoms with van der Waals surface area (Å²) in [6.45, 7) is 3.37. The Morgan fingerprint density at radius 2 is 1.93 bits per heavy atom. The predicted octanol–water partition coefficient (Wildman–Crippen LogP) is 4.04. The summed E-state index contributed by atoms with van der Waals surface area (Å²) in [6, 6.07) is 16.9. The van der Waals surface area contributed by atoms with E-state index in [9.17, 15) is 0 Å². The van der Waals surface area contributed by atoms with Crippen LogP contribution in [0.1, 0.15) is 30.0 Å². The van der Waals surface area contributed by atoms with Crippen molar-refractivity contribution < 1.29 is 0 Å². The fourth-order valence-electron chi connectivity index (χ4n) is 3.68. The van der Waals surface area contributed by atoms with Crippen molar-refractivity contribution >= 4 is 11.6 Å². The molecule has 0 saturated carbocycles. The van der Waals surface area contributed by atoms with Crippen LogP contribution in [0.5, 0.6) is 0 Å². The van der Waals surface area contributed by atoms with E-state index in [1.54, 1.807) is 18.6 Å². The summed E-state index contributed by atoms with van der Waals surface area (Å²) in [5, 5.41) is 3.24. The molecule has 0 amide bonds. The third-order valence-corrected chi connectivity index (χ3v) is 5.07. The maximum atomic E-state index is 4.84. The summed E-state index contributed by atoms with van der Waals surface area (Å²) >= 11 is 0. The largest absolute Gasteiger partial charge is 0.324 e. The number of piperidine rings is 1. The number of nitrogens with one attached hydrogen (secondary N) is 1. The lowest BCUT2D eigenvalue weighted by Gasteiger charge is -2.32. The zero-order valence-corrected chi connectivity index (χ0v) is 15.5. The van der Waals surface area contributed by atoms with Crippen molar-refractivity contribution in [2.75, 3.05) is 25.0 Å². The maximum Gasteiger partial charge on any atom is 0.150 e. The molecule has 1 N–H and O–H groups in total. The normalized spacial score (nSPS) is 17.6. The molecule has 0 bridgehead atoms.